The number of benzene rings is 1. The number of aryl methyl sites for hydroxylation is 1. The molecule has 0 fully saturated rings. The van der Waals surface area contributed by atoms with E-state index in [0.29, 0.717) is 10.7 Å². The van der Waals surface area contributed by atoms with Crippen LogP contribution >= 0.6 is 12.2 Å². The second-order valence-electron chi connectivity index (χ2n) is 4.52. The van der Waals surface area contributed by atoms with Gasteiger partial charge in [0.1, 0.15) is 0 Å². The van der Waals surface area contributed by atoms with Crippen molar-refractivity contribution in [2.45, 2.75) is 13.8 Å². The topological polar surface area (TPSA) is 66.0 Å². The Morgan fingerprint density at radius 1 is 1.14 bits per heavy atom. The Labute approximate surface area is 128 Å². The summed E-state index contributed by atoms with van der Waals surface area (Å²) in [5.74, 6) is -0.298. The number of amides is 1. The lowest BCUT2D eigenvalue weighted by atomic mass is 10.1. The minimum atomic E-state index is -0.298. The molecule has 1 heterocycles. The monoisotopic (exact) mass is 300 g/mol. The number of hydrogen-bond acceptors (Lipinski definition) is 3. The summed E-state index contributed by atoms with van der Waals surface area (Å²) in [7, 11) is 0. The van der Waals surface area contributed by atoms with Crippen molar-refractivity contribution in [3.05, 3.63) is 59.4 Å². The van der Waals surface area contributed by atoms with E-state index in [4.69, 9.17) is 12.2 Å². The number of nitrogens with one attached hydrogen (secondary N) is 3. The van der Waals surface area contributed by atoms with Crippen LogP contribution in [0.25, 0.3) is 0 Å². The van der Waals surface area contributed by atoms with Crippen molar-refractivity contribution in [2.24, 2.45) is 0 Å². The van der Waals surface area contributed by atoms with Gasteiger partial charge in [0.15, 0.2) is 5.11 Å². The number of thiocarbonyl (C=S) groups is 1. The first-order valence-corrected chi connectivity index (χ1v) is 6.82. The van der Waals surface area contributed by atoms with Gasteiger partial charge in [0.2, 0.25) is 0 Å². The Morgan fingerprint density at radius 3 is 2.67 bits per heavy atom. The average molecular weight is 300 g/mol. The van der Waals surface area contributed by atoms with Gasteiger partial charge in [0.05, 0.1) is 5.56 Å². The van der Waals surface area contributed by atoms with E-state index in [0.717, 1.165) is 11.3 Å². The number of hydrazine groups is 1. The fraction of sp³-hybridized carbons (Fsp3) is 0.133. The molecule has 0 aliphatic carbocycles. The molecule has 0 saturated heterocycles. The molecule has 0 aliphatic heterocycles. The average Bonchev–Trinajstić information content (AvgIpc) is 2.50. The molecule has 21 heavy (non-hydrogen) atoms. The molecule has 0 radical (unpaired) electrons. The molecule has 3 N–H and O–H groups in total. The van der Waals surface area contributed by atoms with Crippen LogP contribution in [0, 0.1) is 13.8 Å². The van der Waals surface area contributed by atoms with Crippen molar-refractivity contribution >= 4 is 28.9 Å². The highest BCUT2D eigenvalue weighted by Crippen LogP contribution is 2.17. The quantitative estimate of drug-likeness (QED) is 0.587. The van der Waals surface area contributed by atoms with Crippen molar-refractivity contribution in [2.75, 3.05) is 5.32 Å². The molecular formula is C15H16N4OS. The fourth-order valence-electron chi connectivity index (χ4n) is 1.72. The van der Waals surface area contributed by atoms with Gasteiger partial charge in [-0.15, -0.1) is 0 Å². The lowest BCUT2D eigenvalue weighted by Crippen LogP contribution is -2.43. The second kappa shape index (κ2) is 6.81. The molecule has 6 heteroatoms. The number of carbonyl (C=O) groups is 1. The molecule has 2 rings (SSSR count). The number of pyridine rings is 1. The summed E-state index contributed by atoms with van der Waals surface area (Å²) in [5.41, 5.74) is 8.83. The van der Waals surface area contributed by atoms with Crippen LogP contribution in [0.15, 0.2) is 42.7 Å². The minimum Gasteiger partial charge on any atom is -0.331 e. The molecule has 0 bridgehead atoms. The first kappa shape index (κ1) is 14.9. The zero-order valence-corrected chi connectivity index (χ0v) is 12.6. The second-order valence-corrected chi connectivity index (χ2v) is 4.93. The molecule has 0 saturated carbocycles. The van der Waals surface area contributed by atoms with Gasteiger partial charge in [0.25, 0.3) is 5.91 Å². The number of anilines is 1. The first-order chi connectivity index (χ1) is 10.1. The van der Waals surface area contributed by atoms with Crippen LogP contribution in [0.3, 0.4) is 0 Å². The SMILES string of the molecule is Cc1cccc(NC(=S)NNC(=O)c2cccnc2)c1C. The largest absolute Gasteiger partial charge is 0.331 e. The van der Waals surface area contributed by atoms with Gasteiger partial charge in [-0.2, -0.15) is 0 Å². The Morgan fingerprint density at radius 2 is 1.95 bits per heavy atom. The third-order valence-electron chi connectivity index (χ3n) is 3.07. The maximum atomic E-state index is 11.8. The van der Waals surface area contributed by atoms with Crippen LogP contribution < -0.4 is 16.2 Å². The Balaban J connectivity index is 1.91. The molecule has 2 aromatic rings. The highest BCUT2D eigenvalue weighted by atomic mass is 32.1. The fourth-order valence-corrected chi connectivity index (χ4v) is 1.88. The van der Waals surface area contributed by atoms with Gasteiger partial charge in [-0.25, -0.2) is 0 Å². The van der Waals surface area contributed by atoms with E-state index in [1.165, 1.54) is 11.8 Å². The van der Waals surface area contributed by atoms with Crippen LogP contribution in [0.5, 0.6) is 0 Å². The molecule has 1 aromatic carbocycles. The summed E-state index contributed by atoms with van der Waals surface area (Å²) in [6.45, 7) is 4.04. The standard InChI is InChI=1S/C15H16N4OS/c1-10-5-3-7-13(11(10)2)17-15(21)19-18-14(20)12-6-4-8-16-9-12/h3-9H,1-2H3,(H,18,20)(H2,17,19,21). The molecule has 5 nitrogen and oxygen atoms in total. The minimum absolute atomic E-state index is 0.298. The molecule has 0 unspecified atom stereocenters. The van der Waals surface area contributed by atoms with Crippen molar-refractivity contribution in [1.82, 2.24) is 15.8 Å². The number of hydrogen-bond donors (Lipinski definition) is 3. The van der Waals surface area contributed by atoms with Crippen LogP contribution in [-0.4, -0.2) is 16.0 Å². The smallest absolute Gasteiger partial charge is 0.271 e. The third kappa shape index (κ3) is 4.00. The van der Waals surface area contributed by atoms with Gasteiger partial charge in [-0.05, 0) is 55.4 Å². The summed E-state index contributed by atoms with van der Waals surface area (Å²) in [6.07, 6.45) is 3.09. The lowest BCUT2D eigenvalue weighted by molar-refractivity contribution is 0.0944. The number of rotatable bonds is 2. The summed E-state index contributed by atoms with van der Waals surface area (Å²) in [5, 5.41) is 3.37. The van der Waals surface area contributed by atoms with Gasteiger partial charge >= 0.3 is 0 Å². The van der Waals surface area contributed by atoms with E-state index in [2.05, 4.69) is 21.2 Å². The van der Waals surface area contributed by atoms with Gasteiger partial charge < -0.3 is 5.32 Å². The lowest BCUT2D eigenvalue weighted by Gasteiger charge is -2.14. The molecule has 108 valence electrons. The predicted octanol–water partition coefficient (Wildman–Crippen LogP) is 2.33. The van der Waals surface area contributed by atoms with Crippen LogP contribution in [0.4, 0.5) is 5.69 Å². The summed E-state index contributed by atoms with van der Waals surface area (Å²) >= 11 is 5.15. The number of aromatic nitrogens is 1. The van der Waals surface area contributed by atoms with Crippen molar-refractivity contribution in [3.63, 3.8) is 0 Å². The van der Waals surface area contributed by atoms with E-state index >= 15 is 0 Å². The Kier molecular flexibility index (Phi) is 4.84. The molecule has 1 amide bonds. The van der Waals surface area contributed by atoms with Crippen LogP contribution in [0.2, 0.25) is 0 Å². The van der Waals surface area contributed by atoms with Crippen molar-refractivity contribution in [3.8, 4) is 0 Å². The van der Waals surface area contributed by atoms with Gasteiger partial charge in [-0.1, -0.05) is 12.1 Å². The van der Waals surface area contributed by atoms with E-state index < -0.39 is 0 Å². The molecule has 0 atom stereocenters. The molecular weight excluding hydrogens is 284 g/mol. The highest BCUT2D eigenvalue weighted by Gasteiger charge is 2.06. The van der Waals surface area contributed by atoms with Crippen molar-refractivity contribution < 1.29 is 4.79 Å². The zero-order valence-electron chi connectivity index (χ0n) is 11.8. The maximum absolute atomic E-state index is 11.8. The van der Waals surface area contributed by atoms with E-state index in [1.54, 1.807) is 18.3 Å². The Hall–Kier alpha value is -2.47. The van der Waals surface area contributed by atoms with Crippen LogP contribution in [0.1, 0.15) is 21.5 Å². The maximum Gasteiger partial charge on any atom is 0.271 e. The van der Waals surface area contributed by atoms with Crippen LogP contribution in [-0.2, 0) is 0 Å². The Bertz CT molecular complexity index is 658. The molecule has 0 aliphatic rings. The summed E-state index contributed by atoms with van der Waals surface area (Å²) in [6, 6.07) is 9.27. The molecule has 0 spiro atoms. The van der Waals surface area contributed by atoms with E-state index in [9.17, 15) is 4.79 Å². The normalized spacial score (nSPS) is 9.81. The van der Waals surface area contributed by atoms with Crippen molar-refractivity contribution in [1.29, 1.82) is 0 Å². The predicted molar refractivity (Wildman–Crippen MR) is 87.0 cm³/mol. The van der Waals surface area contributed by atoms with Gasteiger partial charge in [-0.3, -0.25) is 20.6 Å². The van der Waals surface area contributed by atoms with Gasteiger partial charge in [0, 0.05) is 18.1 Å². The number of carbonyl (C=O) groups excluding carboxylic acids is 1. The molecule has 1 aromatic heterocycles. The van der Waals surface area contributed by atoms with E-state index in [1.807, 2.05) is 32.0 Å². The summed E-state index contributed by atoms with van der Waals surface area (Å²) < 4.78 is 0. The first-order valence-electron chi connectivity index (χ1n) is 6.41. The number of nitrogens with zero attached hydrogens (tertiary/aromatic N) is 1. The van der Waals surface area contributed by atoms with E-state index in [-0.39, 0.29) is 5.91 Å². The zero-order chi connectivity index (χ0) is 15.2. The summed E-state index contributed by atoms with van der Waals surface area (Å²) in [4.78, 5) is 15.7. The third-order valence-corrected chi connectivity index (χ3v) is 3.27. The highest BCUT2D eigenvalue weighted by molar-refractivity contribution is 7.80.